The monoisotopic (exact) mass is 370 g/mol. The van der Waals surface area contributed by atoms with E-state index in [0.717, 1.165) is 11.1 Å². The summed E-state index contributed by atoms with van der Waals surface area (Å²) in [4.78, 5) is 25.1. The fourth-order valence-electron chi connectivity index (χ4n) is 2.74. The van der Waals surface area contributed by atoms with Crippen molar-refractivity contribution < 1.29 is 27.9 Å². The molecule has 25 heavy (non-hydrogen) atoms. The van der Waals surface area contributed by atoms with Crippen molar-refractivity contribution in [2.75, 3.05) is 26.0 Å². The van der Waals surface area contributed by atoms with Gasteiger partial charge in [0, 0.05) is 26.7 Å². The number of ether oxygens (including phenoxy) is 1. The highest BCUT2D eigenvalue weighted by molar-refractivity contribution is 7.89. The molecule has 1 atom stereocenters. The fourth-order valence-corrected chi connectivity index (χ4v) is 3.73. The number of nitrogens with zero attached hydrogens (tertiary/aromatic N) is 1. The van der Waals surface area contributed by atoms with E-state index in [1.54, 1.807) is 0 Å². The predicted molar refractivity (Wildman–Crippen MR) is 90.4 cm³/mol. The molecule has 138 valence electrons. The molecule has 0 aliphatic carbocycles. The second-order valence-corrected chi connectivity index (χ2v) is 7.76. The molecule has 1 unspecified atom stereocenters. The Bertz CT molecular complexity index is 734. The molecular formula is C16H22N2O6S. The molecule has 0 aromatic heterocycles. The predicted octanol–water partition coefficient (Wildman–Crippen LogP) is -0.0196. The first-order chi connectivity index (χ1) is 11.8. The lowest BCUT2D eigenvalue weighted by molar-refractivity contribution is -0.150. The number of carbonyl (C=O) groups excluding carboxylic acids is 1. The summed E-state index contributed by atoms with van der Waals surface area (Å²) < 4.78 is 30.7. The highest BCUT2D eigenvalue weighted by Gasteiger charge is 2.34. The van der Waals surface area contributed by atoms with Crippen molar-refractivity contribution in [3.05, 3.63) is 35.4 Å². The van der Waals surface area contributed by atoms with E-state index in [1.165, 1.54) is 12.0 Å². The molecule has 9 heteroatoms. The van der Waals surface area contributed by atoms with E-state index < -0.39 is 34.5 Å². The molecule has 8 nitrogen and oxygen atoms in total. The molecule has 0 bridgehead atoms. The molecule has 2 N–H and O–H groups in total. The summed E-state index contributed by atoms with van der Waals surface area (Å²) in [7, 11) is -2.13. The van der Waals surface area contributed by atoms with Gasteiger partial charge in [0.2, 0.25) is 15.9 Å². The maximum Gasteiger partial charge on any atom is 0.326 e. The first kappa shape index (κ1) is 19.4. The highest BCUT2D eigenvalue weighted by atomic mass is 32.2. The van der Waals surface area contributed by atoms with Gasteiger partial charge in [-0.1, -0.05) is 24.3 Å². The zero-order valence-corrected chi connectivity index (χ0v) is 14.8. The van der Waals surface area contributed by atoms with Crippen LogP contribution in [0.25, 0.3) is 0 Å². The van der Waals surface area contributed by atoms with Gasteiger partial charge < -0.3 is 14.7 Å². The lowest BCUT2D eigenvalue weighted by Gasteiger charge is -2.34. The van der Waals surface area contributed by atoms with Gasteiger partial charge in [0.1, 0.15) is 6.04 Å². The Morgan fingerprint density at radius 1 is 1.32 bits per heavy atom. The number of hydrogen-bond donors (Lipinski definition) is 2. The fraction of sp³-hybridized carbons (Fsp3) is 0.500. The molecule has 0 spiro atoms. The van der Waals surface area contributed by atoms with E-state index in [4.69, 9.17) is 4.74 Å². The quantitative estimate of drug-likeness (QED) is 0.622. The SMILES string of the molecule is COCCCS(=O)(=O)NCC(=O)N1Cc2ccccc2CC1C(=O)O. The summed E-state index contributed by atoms with van der Waals surface area (Å²) in [5.41, 5.74) is 1.76. The van der Waals surface area contributed by atoms with Crippen molar-refractivity contribution in [1.82, 2.24) is 9.62 Å². The third-order valence-corrected chi connectivity index (χ3v) is 5.47. The average Bonchev–Trinajstić information content (AvgIpc) is 2.58. The maximum atomic E-state index is 12.4. The van der Waals surface area contributed by atoms with Crippen molar-refractivity contribution in [2.24, 2.45) is 0 Å². The van der Waals surface area contributed by atoms with Crippen molar-refractivity contribution in [3.63, 3.8) is 0 Å². The zero-order valence-electron chi connectivity index (χ0n) is 14.0. The van der Waals surface area contributed by atoms with Gasteiger partial charge in [-0.05, 0) is 17.5 Å². The third kappa shape index (κ3) is 5.25. The van der Waals surface area contributed by atoms with Crippen LogP contribution in [0, 0.1) is 0 Å². The standard InChI is InChI=1S/C16H22N2O6S/c1-24-7-4-8-25(22,23)17-10-15(19)18-11-13-6-3-2-5-12(13)9-14(18)16(20)21/h2-3,5-6,14,17H,4,7-11H2,1H3,(H,20,21). The largest absolute Gasteiger partial charge is 0.480 e. The summed E-state index contributed by atoms with van der Waals surface area (Å²) in [6, 6.07) is 6.32. The lowest BCUT2D eigenvalue weighted by atomic mass is 9.94. The number of hydrogen-bond acceptors (Lipinski definition) is 5. The molecule has 1 aromatic rings. The van der Waals surface area contributed by atoms with Crippen molar-refractivity contribution >= 4 is 21.9 Å². The smallest absolute Gasteiger partial charge is 0.326 e. The molecule has 0 saturated heterocycles. The maximum absolute atomic E-state index is 12.4. The Labute approximate surface area is 146 Å². The van der Waals surface area contributed by atoms with Crippen LogP contribution in [-0.4, -0.2) is 62.4 Å². The summed E-state index contributed by atoms with van der Waals surface area (Å²) in [5.74, 6) is -1.82. The molecule has 1 heterocycles. The van der Waals surface area contributed by atoms with Crippen LogP contribution in [-0.2, 0) is 37.3 Å². The van der Waals surface area contributed by atoms with Crippen LogP contribution < -0.4 is 4.72 Å². The zero-order chi connectivity index (χ0) is 18.4. The van der Waals surface area contributed by atoms with E-state index >= 15 is 0 Å². The van der Waals surface area contributed by atoms with E-state index in [9.17, 15) is 23.1 Å². The average molecular weight is 370 g/mol. The number of carboxylic acids is 1. The molecule has 1 aromatic carbocycles. The van der Waals surface area contributed by atoms with Crippen LogP contribution >= 0.6 is 0 Å². The van der Waals surface area contributed by atoms with E-state index in [1.807, 2.05) is 24.3 Å². The summed E-state index contributed by atoms with van der Waals surface area (Å²) in [5, 5.41) is 9.41. The van der Waals surface area contributed by atoms with Gasteiger partial charge in [-0.25, -0.2) is 17.9 Å². The molecule has 1 aliphatic rings. The van der Waals surface area contributed by atoms with Gasteiger partial charge in [0.15, 0.2) is 0 Å². The van der Waals surface area contributed by atoms with Crippen LogP contribution in [0.2, 0.25) is 0 Å². The van der Waals surface area contributed by atoms with Crippen molar-refractivity contribution in [1.29, 1.82) is 0 Å². The van der Waals surface area contributed by atoms with Gasteiger partial charge in [0.05, 0.1) is 12.3 Å². The highest BCUT2D eigenvalue weighted by Crippen LogP contribution is 2.23. The Balaban J connectivity index is 2.03. The first-order valence-electron chi connectivity index (χ1n) is 7.89. The Morgan fingerprint density at radius 3 is 2.64 bits per heavy atom. The first-order valence-corrected chi connectivity index (χ1v) is 9.54. The second-order valence-electron chi connectivity index (χ2n) is 5.83. The molecular weight excluding hydrogens is 348 g/mol. The molecule has 0 fully saturated rings. The summed E-state index contributed by atoms with van der Waals surface area (Å²) in [6.45, 7) is -0.00249. The van der Waals surface area contributed by atoms with Crippen LogP contribution in [0.1, 0.15) is 17.5 Å². The van der Waals surface area contributed by atoms with Crippen LogP contribution in [0.3, 0.4) is 0 Å². The van der Waals surface area contributed by atoms with Gasteiger partial charge in [-0.3, -0.25) is 4.79 Å². The normalized spacial score (nSPS) is 17.2. The van der Waals surface area contributed by atoms with Gasteiger partial charge in [0.25, 0.3) is 0 Å². The third-order valence-electron chi connectivity index (χ3n) is 4.06. The topological polar surface area (TPSA) is 113 Å². The Morgan fingerprint density at radius 2 is 2.00 bits per heavy atom. The second kappa shape index (κ2) is 8.41. The molecule has 0 saturated carbocycles. The van der Waals surface area contributed by atoms with Gasteiger partial charge >= 0.3 is 5.97 Å². The minimum Gasteiger partial charge on any atom is -0.480 e. The number of aliphatic carboxylic acids is 1. The van der Waals surface area contributed by atoms with Crippen LogP contribution in [0.4, 0.5) is 0 Å². The number of carboxylic acid groups (broad SMARTS) is 1. The molecule has 2 rings (SSSR count). The van der Waals surface area contributed by atoms with Crippen LogP contribution in [0.5, 0.6) is 0 Å². The van der Waals surface area contributed by atoms with Gasteiger partial charge in [-0.2, -0.15) is 0 Å². The number of benzene rings is 1. The molecule has 1 aliphatic heterocycles. The Hall–Kier alpha value is -1.97. The Kier molecular flexibility index (Phi) is 6.51. The van der Waals surface area contributed by atoms with E-state index in [0.29, 0.717) is 13.0 Å². The number of amides is 1. The van der Waals surface area contributed by atoms with Gasteiger partial charge in [-0.15, -0.1) is 0 Å². The number of fused-ring (bicyclic) bond motifs is 1. The molecule has 1 amide bonds. The number of rotatable bonds is 8. The van der Waals surface area contributed by atoms with E-state index in [2.05, 4.69) is 4.72 Å². The minimum atomic E-state index is -3.61. The summed E-state index contributed by atoms with van der Waals surface area (Å²) >= 11 is 0. The number of carbonyl (C=O) groups is 2. The minimum absolute atomic E-state index is 0.150. The number of nitrogens with one attached hydrogen (secondary N) is 1. The number of methoxy groups -OCH3 is 1. The lowest BCUT2D eigenvalue weighted by Crippen LogP contribution is -2.51. The van der Waals surface area contributed by atoms with E-state index in [-0.39, 0.29) is 18.7 Å². The van der Waals surface area contributed by atoms with Crippen molar-refractivity contribution in [3.8, 4) is 0 Å². The number of sulfonamides is 1. The molecule has 0 radical (unpaired) electrons. The van der Waals surface area contributed by atoms with Crippen LogP contribution in [0.15, 0.2) is 24.3 Å². The summed E-state index contributed by atoms with van der Waals surface area (Å²) in [6.07, 6.45) is 0.521. The van der Waals surface area contributed by atoms with Crippen molar-refractivity contribution in [2.45, 2.75) is 25.4 Å².